The van der Waals surface area contributed by atoms with Crippen LogP contribution in [0.15, 0.2) is 36.4 Å². The van der Waals surface area contributed by atoms with Crippen LogP contribution in [-0.2, 0) is 21.4 Å². The van der Waals surface area contributed by atoms with Crippen molar-refractivity contribution in [2.45, 2.75) is 13.5 Å². The number of hydrogen-bond donors (Lipinski definition) is 1. The van der Waals surface area contributed by atoms with Crippen LogP contribution in [0.1, 0.15) is 11.1 Å². The summed E-state index contributed by atoms with van der Waals surface area (Å²) in [6, 6.07) is 8.60. The highest BCUT2D eigenvalue weighted by atomic mass is 35.5. The molecule has 0 bridgehead atoms. The fraction of sp³-hybridized carbons (Fsp3) is 0.235. The van der Waals surface area contributed by atoms with Gasteiger partial charge < -0.3 is 5.32 Å². The molecule has 0 heterocycles. The number of nitrogens with zero attached hydrogens (tertiary/aromatic N) is 2. The second-order valence-electron chi connectivity index (χ2n) is 6.01. The Labute approximate surface area is 172 Å². The average Bonchev–Trinajstić information content (AvgIpc) is 2.58. The second-order valence-corrected chi connectivity index (χ2v) is 8.76. The number of carbonyl (C=O) groups is 1. The summed E-state index contributed by atoms with van der Waals surface area (Å²) >= 11 is 11.9. The van der Waals surface area contributed by atoms with E-state index in [-0.39, 0.29) is 17.9 Å². The maximum Gasteiger partial charge on any atom is 0.271 e. The van der Waals surface area contributed by atoms with E-state index in [2.05, 4.69) is 5.32 Å². The first-order valence-electron chi connectivity index (χ1n) is 7.92. The third-order valence-electron chi connectivity index (χ3n) is 3.85. The number of carbonyl (C=O) groups excluding carboxylic acids is 1. The standard InChI is InChI=1S/C17H17Cl2N3O5S/c1-11-3-6-14(22(24)25)8-16(11)21(28(2,26)27)10-17(23)20-9-12-4-5-13(18)7-15(12)19/h3-8H,9-10H2,1-2H3,(H,20,23). The molecule has 1 N–H and O–H groups in total. The van der Waals surface area contributed by atoms with Crippen molar-refractivity contribution in [3.05, 3.63) is 67.7 Å². The minimum absolute atomic E-state index is 0.0661. The molecule has 150 valence electrons. The van der Waals surface area contributed by atoms with Gasteiger partial charge in [-0.2, -0.15) is 0 Å². The smallest absolute Gasteiger partial charge is 0.271 e. The van der Waals surface area contributed by atoms with Gasteiger partial charge in [-0.1, -0.05) is 35.3 Å². The zero-order valence-corrected chi connectivity index (χ0v) is 17.3. The normalized spacial score (nSPS) is 11.1. The number of anilines is 1. The van der Waals surface area contributed by atoms with Crippen LogP contribution < -0.4 is 9.62 Å². The Kier molecular flexibility index (Phi) is 6.87. The molecule has 0 fully saturated rings. The molecule has 0 aromatic heterocycles. The van der Waals surface area contributed by atoms with Gasteiger partial charge in [0.25, 0.3) is 5.69 Å². The lowest BCUT2D eigenvalue weighted by Gasteiger charge is -2.23. The molecule has 0 unspecified atom stereocenters. The van der Waals surface area contributed by atoms with Crippen molar-refractivity contribution in [2.75, 3.05) is 17.1 Å². The molecule has 0 aliphatic heterocycles. The van der Waals surface area contributed by atoms with Crippen molar-refractivity contribution in [1.29, 1.82) is 0 Å². The van der Waals surface area contributed by atoms with E-state index in [1.54, 1.807) is 19.1 Å². The van der Waals surface area contributed by atoms with E-state index in [0.717, 1.165) is 16.6 Å². The summed E-state index contributed by atoms with van der Waals surface area (Å²) in [4.78, 5) is 22.7. The largest absolute Gasteiger partial charge is 0.350 e. The minimum Gasteiger partial charge on any atom is -0.350 e. The van der Waals surface area contributed by atoms with Gasteiger partial charge in [0.15, 0.2) is 0 Å². The van der Waals surface area contributed by atoms with Gasteiger partial charge in [-0.05, 0) is 30.2 Å². The highest BCUT2D eigenvalue weighted by molar-refractivity contribution is 7.92. The van der Waals surface area contributed by atoms with Gasteiger partial charge in [-0.15, -0.1) is 0 Å². The van der Waals surface area contributed by atoms with E-state index >= 15 is 0 Å². The Morgan fingerprint density at radius 3 is 2.46 bits per heavy atom. The van der Waals surface area contributed by atoms with Gasteiger partial charge in [-0.3, -0.25) is 19.2 Å². The summed E-state index contributed by atoms with van der Waals surface area (Å²) in [6.45, 7) is 1.13. The molecule has 0 saturated heterocycles. The van der Waals surface area contributed by atoms with Crippen LogP contribution in [-0.4, -0.2) is 32.0 Å². The molecular formula is C17H17Cl2N3O5S. The molecule has 2 rings (SSSR count). The van der Waals surface area contributed by atoms with Gasteiger partial charge in [-0.25, -0.2) is 8.42 Å². The van der Waals surface area contributed by atoms with Crippen LogP contribution >= 0.6 is 23.2 Å². The number of aryl methyl sites for hydroxylation is 1. The monoisotopic (exact) mass is 445 g/mol. The number of sulfonamides is 1. The number of halogens is 2. The summed E-state index contributed by atoms with van der Waals surface area (Å²) in [6.07, 6.45) is 0.925. The Morgan fingerprint density at radius 1 is 1.21 bits per heavy atom. The molecule has 0 aliphatic rings. The van der Waals surface area contributed by atoms with Crippen molar-refractivity contribution in [3.63, 3.8) is 0 Å². The van der Waals surface area contributed by atoms with Crippen LogP contribution in [0.3, 0.4) is 0 Å². The number of non-ortho nitro benzene ring substituents is 1. The third kappa shape index (κ3) is 5.57. The summed E-state index contributed by atoms with van der Waals surface area (Å²) < 4.78 is 25.2. The molecular weight excluding hydrogens is 429 g/mol. The fourth-order valence-electron chi connectivity index (χ4n) is 2.41. The molecule has 0 atom stereocenters. The van der Waals surface area contributed by atoms with E-state index in [1.165, 1.54) is 18.2 Å². The van der Waals surface area contributed by atoms with E-state index in [1.807, 2.05) is 0 Å². The zero-order valence-electron chi connectivity index (χ0n) is 15.0. The highest BCUT2D eigenvalue weighted by Gasteiger charge is 2.24. The third-order valence-corrected chi connectivity index (χ3v) is 5.56. The quantitative estimate of drug-likeness (QED) is 0.519. The predicted octanol–water partition coefficient (Wildman–Crippen LogP) is 3.29. The van der Waals surface area contributed by atoms with Gasteiger partial charge in [0.05, 0.1) is 16.9 Å². The van der Waals surface area contributed by atoms with E-state index in [4.69, 9.17) is 23.2 Å². The van der Waals surface area contributed by atoms with Crippen LogP contribution in [0.4, 0.5) is 11.4 Å². The Hall–Kier alpha value is -2.36. The van der Waals surface area contributed by atoms with Gasteiger partial charge in [0, 0.05) is 28.7 Å². The number of hydrogen-bond acceptors (Lipinski definition) is 5. The highest BCUT2D eigenvalue weighted by Crippen LogP contribution is 2.27. The summed E-state index contributed by atoms with van der Waals surface area (Å²) in [7, 11) is -3.87. The number of nitrogens with one attached hydrogen (secondary N) is 1. The number of benzene rings is 2. The Balaban J connectivity index is 2.22. The molecule has 0 saturated carbocycles. The number of nitro benzene ring substituents is 1. The molecule has 1 amide bonds. The van der Waals surface area contributed by atoms with Crippen molar-refractivity contribution in [2.24, 2.45) is 0 Å². The Morgan fingerprint density at radius 2 is 1.89 bits per heavy atom. The molecule has 0 radical (unpaired) electrons. The van der Waals surface area contributed by atoms with Gasteiger partial charge in [0.1, 0.15) is 6.54 Å². The van der Waals surface area contributed by atoms with Gasteiger partial charge >= 0.3 is 0 Å². The predicted molar refractivity (Wildman–Crippen MR) is 108 cm³/mol. The van der Waals surface area contributed by atoms with E-state index in [0.29, 0.717) is 21.2 Å². The molecule has 0 spiro atoms. The van der Waals surface area contributed by atoms with Crippen LogP contribution in [0.5, 0.6) is 0 Å². The SMILES string of the molecule is Cc1ccc([N+](=O)[O-])cc1N(CC(=O)NCc1ccc(Cl)cc1Cl)S(C)(=O)=O. The van der Waals surface area contributed by atoms with Crippen LogP contribution in [0, 0.1) is 17.0 Å². The maximum atomic E-state index is 12.3. The first kappa shape index (κ1) is 21.9. The van der Waals surface area contributed by atoms with Crippen LogP contribution in [0.25, 0.3) is 0 Å². The second kappa shape index (κ2) is 8.76. The molecule has 28 heavy (non-hydrogen) atoms. The summed E-state index contributed by atoms with van der Waals surface area (Å²) in [5.74, 6) is -0.595. The molecule has 2 aromatic carbocycles. The molecule has 0 aliphatic carbocycles. The molecule has 2 aromatic rings. The molecule has 11 heteroatoms. The van der Waals surface area contributed by atoms with E-state index < -0.39 is 27.4 Å². The van der Waals surface area contributed by atoms with E-state index in [9.17, 15) is 23.3 Å². The lowest BCUT2D eigenvalue weighted by atomic mass is 10.2. The average molecular weight is 446 g/mol. The first-order valence-corrected chi connectivity index (χ1v) is 10.5. The lowest BCUT2D eigenvalue weighted by Crippen LogP contribution is -2.40. The van der Waals surface area contributed by atoms with Crippen molar-refractivity contribution < 1.29 is 18.1 Å². The fourth-order valence-corrected chi connectivity index (χ4v) is 3.79. The number of rotatable bonds is 7. The van der Waals surface area contributed by atoms with Crippen molar-refractivity contribution >= 4 is 50.5 Å². The maximum absolute atomic E-state index is 12.3. The number of amides is 1. The number of nitro groups is 1. The summed E-state index contributed by atoms with van der Waals surface area (Å²) in [5.41, 5.74) is 0.875. The summed E-state index contributed by atoms with van der Waals surface area (Å²) in [5, 5.41) is 14.4. The van der Waals surface area contributed by atoms with Crippen molar-refractivity contribution in [3.8, 4) is 0 Å². The topological polar surface area (TPSA) is 110 Å². The Bertz CT molecular complexity index is 1030. The molecule has 8 nitrogen and oxygen atoms in total. The van der Waals surface area contributed by atoms with Gasteiger partial charge in [0.2, 0.25) is 15.9 Å². The lowest BCUT2D eigenvalue weighted by molar-refractivity contribution is -0.384. The first-order chi connectivity index (χ1) is 13.0. The van der Waals surface area contributed by atoms with Crippen molar-refractivity contribution in [1.82, 2.24) is 5.32 Å². The van der Waals surface area contributed by atoms with Crippen LogP contribution in [0.2, 0.25) is 10.0 Å². The zero-order chi connectivity index (χ0) is 21.1. The minimum atomic E-state index is -3.87.